The van der Waals surface area contributed by atoms with Gasteiger partial charge in [-0.3, -0.25) is 4.90 Å². The lowest BCUT2D eigenvalue weighted by molar-refractivity contribution is 0.144. The molecule has 0 saturated carbocycles. The quantitative estimate of drug-likeness (QED) is 0.494. The van der Waals surface area contributed by atoms with E-state index < -0.39 is 0 Å². The number of nitrogens with zero attached hydrogens (tertiary/aromatic N) is 3. The minimum Gasteiger partial charge on any atom is -0.493 e. The van der Waals surface area contributed by atoms with E-state index in [2.05, 4.69) is 20.2 Å². The van der Waals surface area contributed by atoms with Crippen molar-refractivity contribution in [3.63, 3.8) is 0 Å². The van der Waals surface area contributed by atoms with Gasteiger partial charge in [0, 0.05) is 35.6 Å². The van der Waals surface area contributed by atoms with Crippen LogP contribution in [-0.4, -0.2) is 54.3 Å². The molecule has 8 heteroatoms. The van der Waals surface area contributed by atoms with E-state index in [-0.39, 0.29) is 5.82 Å². The zero-order valence-electron chi connectivity index (χ0n) is 20.3. The molecule has 1 fully saturated rings. The smallest absolute Gasteiger partial charge is 0.227 e. The number of rotatable bonds is 4. The summed E-state index contributed by atoms with van der Waals surface area (Å²) in [5.74, 6) is 1.32. The molecular weight excluding hydrogens is 459 g/mol. The lowest BCUT2D eigenvalue weighted by atomic mass is 10.1. The van der Waals surface area contributed by atoms with Crippen molar-refractivity contribution in [3.05, 3.63) is 72.2 Å². The van der Waals surface area contributed by atoms with Crippen LogP contribution < -0.4 is 14.8 Å². The van der Waals surface area contributed by atoms with Gasteiger partial charge >= 0.3 is 0 Å². The topological polar surface area (TPSA) is 68.7 Å². The second kappa shape index (κ2) is 12.0. The number of hydrogen-bond donors (Lipinski definition) is 1. The van der Waals surface area contributed by atoms with Crippen molar-refractivity contribution in [1.82, 2.24) is 14.9 Å². The third kappa shape index (κ3) is 6.59. The highest BCUT2D eigenvalue weighted by molar-refractivity contribution is 5.64. The Labute approximate surface area is 210 Å². The minimum absolute atomic E-state index is 0.376. The van der Waals surface area contributed by atoms with E-state index in [9.17, 15) is 4.39 Å². The molecule has 1 aromatic heterocycles. The number of anilines is 2. The number of fused-ring (bicyclic) bond motifs is 7. The van der Waals surface area contributed by atoms with Gasteiger partial charge in [-0.25, -0.2) is 14.4 Å². The molecule has 2 aliphatic heterocycles. The maximum Gasteiger partial charge on any atom is 0.227 e. The minimum atomic E-state index is -0.376. The number of likely N-dealkylation sites (tertiary alicyclic amines) is 1. The Balaban J connectivity index is 1.38. The second-order valence-electron chi connectivity index (χ2n) is 8.91. The van der Waals surface area contributed by atoms with Gasteiger partial charge in [-0.1, -0.05) is 12.2 Å². The molecule has 1 saturated heterocycles. The molecule has 0 atom stereocenters. The Morgan fingerprint density at radius 1 is 1.06 bits per heavy atom. The lowest BCUT2D eigenvalue weighted by Gasteiger charge is -2.17. The first-order valence-electron chi connectivity index (χ1n) is 12.5. The molecule has 0 amide bonds. The molecule has 2 aromatic carbocycles. The number of hydrogen-bond acceptors (Lipinski definition) is 7. The van der Waals surface area contributed by atoms with Crippen molar-refractivity contribution in [2.75, 3.05) is 44.8 Å². The molecule has 0 spiro atoms. The zero-order valence-corrected chi connectivity index (χ0v) is 20.3. The number of aromatic nitrogens is 2. The van der Waals surface area contributed by atoms with Gasteiger partial charge in [0.1, 0.15) is 23.9 Å². The highest BCUT2D eigenvalue weighted by atomic mass is 19.1. The van der Waals surface area contributed by atoms with Crippen molar-refractivity contribution in [3.8, 4) is 22.8 Å². The van der Waals surface area contributed by atoms with Gasteiger partial charge in [0.15, 0.2) is 0 Å². The summed E-state index contributed by atoms with van der Waals surface area (Å²) in [7, 11) is 0. The Morgan fingerprint density at radius 3 is 2.89 bits per heavy atom. The van der Waals surface area contributed by atoms with E-state index in [4.69, 9.17) is 14.2 Å². The third-order valence-corrected chi connectivity index (χ3v) is 6.19. The standard InChI is InChI=1S/C28H31FN4O3/c29-23-16-21-18-25(19-23)35-14-5-1-4-13-34-20-22-17-24(31-28-30-9-8-26(21)32-28)6-7-27(22)36-15-12-33-10-2-3-11-33/h1,4,6-9,16-19H,2-3,5,10-15,20H2,(H,30,31,32). The SMILES string of the molecule is Fc1cc2cc(c1)-c1ccnc(n1)Nc1ccc(OCCN3CCCC3)c(c1)COCC=CCCO2. The molecule has 0 radical (unpaired) electrons. The largest absolute Gasteiger partial charge is 0.493 e. The average molecular weight is 491 g/mol. The normalized spacial score (nSPS) is 16.5. The Kier molecular flexibility index (Phi) is 8.05. The van der Waals surface area contributed by atoms with Gasteiger partial charge in [-0.15, -0.1) is 0 Å². The summed E-state index contributed by atoms with van der Waals surface area (Å²) in [6.45, 7) is 5.19. The summed E-state index contributed by atoms with van der Waals surface area (Å²) in [6.07, 6.45) is 8.85. The number of halogens is 1. The molecule has 3 heterocycles. The molecule has 1 N–H and O–H groups in total. The zero-order chi connectivity index (χ0) is 24.6. The number of ether oxygens (including phenoxy) is 3. The number of benzene rings is 2. The third-order valence-electron chi connectivity index (χ3n) is 6.19. The maximum atomic E-state index is 14.3. The van der Waals surface area contributed by atoms with Crippen molar-refractivity contribution >= 4 is 11.6 Å². The monoisotopic (exact) mass is 490 g/mol. The first-order chi connectivity index (χ1) is 17.7. The van der Waals surface area contributed by atoms with E-state index in [0.29, 0.717) is 55.8 Å². The molecule has 6 bridgehead atoms. The van der Waals surface area contributed by atoms with E-state index in [1.807, 2.05) is 30.4 Å². The van der Waals surface area contributed by atoms with Gasteiger partial charge in [0.2, 0.25) is 5.95 Å². The van der Waals surface area contributed by atoms with Crippen LogP contribution in [-0.2, 0) is 11.3 Å². The van der Waals surface area contributed by atoms with Crippen LogP contribution in [0.1, 0.15) is 24.8 Å². The van der Waals surface area contributed by atoms with Crippen LogP contribution >= 0.6 is 0 Å². The van der Waals surface area contributed by atoms with Gasteiger partial charge in [0.05, 0.1) is 25.5 Å². The van der Waals surface area contributed by atoms with E-state index in [0.717, 1.165) is 36.6 Å². The van der Waals surface area contributed by atoms with E-state index in [1.54, 1.807) is 18.3 Å². The van der Waals surface area contributed by atoms with Crippen molar-refractivity contribution < 1.29 is 18.6 Å². The second-order valence-corrected chi connectivity index (χ2v) is 8.91. The highest BCUT2D eigenvalue weighted by Gasteiger charge is 2.13. The fourth-order valence-electron chi connectivity index (χ4n) is 4.37. The van der Waals surface area contributed by atoms with Gasteiger partial charge in [0.25, 0.3) is 0 Å². The van der Waals surface area contributed by atoms with Gasteiger partial charge in [-0.05, 0) is 68.8 Å². The summed E-state index contributed by atoms with van der Waals surface area (Å²) in [5, 5.41) is 3.26. The molecule has 2 aliphatic rings. The number of nitrogens with one attached hydrogen (secondary N) is 1. The van der Waals surface area contributed by atoms with Gasteiger partial charge < -0.3 is 19.5 Å². The predicted octanol–water partition coefficient (Wildman–Crippen LogP) is 5.36. The molecule has 0 unspecified atom stereocenters. The molecule has 188 valence electrons. The van der Waals surface area contributed by atoms with Crippen LogP contribution in [0.4, 0.5) is 16.0 Å². The first kappa shape index (κ1) is 24.2. The van der Waals surface area contributed by atoms with E-state index in [1.165, 1.54) is 25.0 Å². The summed E-state index contributed by atoms with van der Waals surface area (Å²) in [5.41, 5.74) is 2.99. The van der Waals surface area contributed by atoms with Crippen LogP contribution in [0.2, 0.25) is 0 Å². The van der Waals surface area contributed by atoms with Crippen molar-refractivity contribution in [2.24, 2.45) is 0 Å². The molecule has 5 rings (SSSR count). The Hall–Kier alpha value is -3.49. The van der Waals surface area contributed by atoms with Crippen molar-refractivity contribution in [1.29, 1.82) is 0 Å². The van der Waals surface area contributed by atoms with Crippen LogP contribution in [0, 0.1) is 5.82 Å². The van der Waals surface area contributed by atoms with Gasteiger partial charge in [-0.2, -0.15) is 0 Å². The maximum absolute atomic E-state index is 14.3. The summed E-state index contributed by atoms with van der Waals surface area (Å²) in [6, 6.07) is 12.3. The Bertz CT molecular complexity index is 1200. The lowest BCUT2D eigenvalue weighted by Crippen LogP contribution is -2.25. The molecule has 3 aromatic rings. The van der Waals surface area contributed by atoms with Crippen LogP contribution in [0.5, 0.6) is 11.5 Å². The van der Waals surface area contributed by atoms with Crippen LogP contribution in [0.25, 0.3) is 11.3 Å². The molecule has 0 aliphatic carbocycles. The highest BCUT2D eigenvalue weighted by Crippen LogP contribution is 2.28. The van der Waals surface area contributed by atoms with Crippen LogP contribution in [0.15, 0.2) is 60.8 Å². The fourth-order valence-corrected chi connectivity index (χ4v) is 4.37. The van der Waals surface area contributed by atoms with Crippen molar-refractivity contribution in [2.45, 2.75) is 25.9 Å². The first-order valence-corrected chi connectivity index (χ1v) is 12.5. The summed E-state index contributed by atoms with van der Waals surface area (Å²) in [4.78, 5) is 11.4. The van der Waals surface area contributed by atoms with Crippen LogP contribution in [0.3, 0.4) is 0 Å². The average Bonchev–Trinajstić information content (AvgIpc) is 3.40. The molecule has 36 heavy (non-hydrogen) atoms. The fraction of sp³-hybridized carbons (Fsp3) is 0.357. The molecule has 7 nitrogen and oxygen atoms in total. The summed E-state index contributed by atoms with van der Waals surface area (Å²) < 4.78 is 32.1. The van der Waals surface area contributed by atoms with E-state index >= 15 is 0 Å². The summed E-state index contributed by atoms with van der Waals surface area (Å²) >= 11 is 0. The predicted molar refractivity (Wildman–Crippen MR) is 137 cm³/mol. The molecular formula is C28H31FN4O3. The Morgan fingerprint density at radius 2 is 1.97 bits per heavy atom.